The van der Waals surface area contributed by atoms with E-state index in [9.17, 15) is 43.2 Å². The molecular formula is C87H150O17P2. The summed E-state index contributed by atoms with van der Waals surface area (Å²) in [6, 6.07) is 0. The fraction of sp³-hybridized carbons (Fsp3) is 0.724. The Morgan fingerprint density at radius 3 is 0.811 bits per heavy atom. The van der Waals surface area contributed by atoms with Crippen molar-refractivity contribution < 1.29 is 80.2 Å². The van der Waals surface area contributed by atoms with Gasteiger partial charge in [-0.05, 0) is 135 Å². The van der Waals surface area contributed by atoms with E-state index >= 15 is 0 Å². The van der Waals surface area contributed by atoms with Crippen molar-refractivity contribution in [2.45, 2.75) is 367 Å². The second kappa shape index (κ2) is 78.6. The molecule has 19 heteroatoms. The molecular weight excluding hydrogens is 1380 g/mol. The van der Waals surface area contributed by atoms with Crippen LogP contribution in [-0.2, 0) is 65.4 Å². The summed E-state index contributed by atoms with van der Waals surface area (Å²) in [6.07, 6.45) is 87.4. The molecule has 0 aromatic carbocycles. The van der Waals surface area contributed by atoms with Crippen LogP contribution in [0.2, 0.25) is 0 Å². The number of aliphatic hydroxyl groups excluding tert-OH is 1. The molecule has 0 fully saturated rings. The summed E-state index contributed by atoms with van der Waals surface area (Å²) < 4.78 is 68.7. The van der Waals surface area contributed by atoms with Gasteiger partial charge in [0.15, 0.2) is 12.2 Å². The number of hydrogen-bond acceptors (Lipinski definition) is 15. The molecule has 0 bridgehead atoms. The maximum atomic E-state index is 13.1. The van der Waals surface area contributed by atoms with Gasteiger partial charge in [0, 0.05) is 25.7 Å². The summed E-state index contributed by atoms with van der Waals surface area (Å²) in [7, 11) is -9.98. The number of carbonyl (C=O) groups is 4. The zero-order valence-electron chi connectivity index (χ0n) is 66.8. The lowest BCUT2D eigenvalue weighted by Crippen LogP contribution is -2.30. The Labute approximate surface area is 644 Å². The number of phosphoric ester groups is 2. The lowest BCUT2D eigenvalue weighted by atomic mass is 10.0. The molecule has 0 heterocycles. The van der Waals surface area contributed by atoms with Crippen molar-refractivity contribution >= 4 is 39.5 Å². The SMILES string of the molecule is CC/C=C\C/C=C\C/C=C\C/C=C\C/C=C\CCCC(=O)OCC(COP(=O)(O)OCC(O)COP(=O)(O)OCC(COC(=O)CCCCCCCC/C=C\C/C=C\C/C=C\CCCCC)OC(=O)CCCCCCCCCCCCCCCCC)OC(=O)CCCCCCC/C=C\C/C=C\CCCCC. The third-order valence-corrected chi connectivity index (χ3v) is 19.3. The number of unbranched alkanes of at least 4 members (excludes halogenated alkanes) is 32. The van der Waals surface area contributed by atoms with Crippen LogP contribution < -0.4 is 0 Å². The number of hydrogen-bond donors (Lipinski definition) is 3. The molecule has 0 radical (unpaired) electrons. The van der Waals surface area contributed by atoms with Gasteiger partial charge in [-0.2, -0.15) is 0 Å². The van der Waals surface area contributed by atoms with E-state index < -0.39 is 97.5 Å². The van der Waals surface area contributed by atoms with Gasteiger partial charge >= 0.3 is 39.5 Å². The number of phosphoric acid groups is 2. The zero-order valence-corrected chi connectivity index (χ0v) is 68.6. The number of rotatable bonds is 78. The Hall–Kier alpha value is -4.54. The predicted octanol–water partition coefficient (Wildman–Crippen LogP) is 24.7. The third-order valence-electron chi connectivity index (χ3n) is 17.4. The predicted molar refractivity (Wildman–Crippen MR) is 436 cm³/mol. The van der Waals surface area contributed by atoms with Crippen molar-refractivity contribution in [3.63, 3.8) is 0 Å². The van der Waals surface area contributed by atoms with E-state index in [1.807, 2.05) is 12.2 Å². The first-order chi connectivity index (χ1) is 51.7. The summed E-state index contributed by atoms with van der Waals surface area (Å²) in [5, 5.41) is 10.7. The molecule has 0 aromatic heterocycles. The molecule has 0 aliphatic carbocycles. The van der Waals surface area contributed by atoms with Gasteiger partial charge in [-0.15, -0.1) is 0 Å². The minimum atomic E-state index is -5.00. The van der Waals surface area contributed by atoms with E-state index in [2.05, 4.69) is 137 Å². The lowest BCUT2D eigenvalue weighted by molar-refractivity contribution is -0.161. The van der Waals surface area contributed by atoms with Gasteiger partial charge in [0.2, 0.25) is 0 Å². The second-order valence-electron chi connectivity index (χ2n) is 27.7. The molecule has 5 unspecified atom stereocenters. The topological polar surface area (TPSA) is 237 Å². The molecule has 610 valence electrons. The normalized spacial score (nSPS) is 14.4. The number of esters is 4. The fourth-order valence-corrected chi connectivity index (χ4v) is 12.6. The maximum absolute atomic E-state index is 13.1. The lowest BCUT2D eigenvalue weighted by Gasteiger charge is -2.21. The van der Waals surface area contributed by atoms with Gasteiger partial charge in [-0.1, -0.05) is 310 Å². The van der Waals surface area contributed by atoms with Gasteiger partial charge in [0.1, 0.15) is 19.3 Å². The van der Waals surface area contributed by atoms with Crippen LogP contribution in [0.4, 0.5) is 0 Å². The van der Waals surface area contributed by atoms with Crippen LogP contribution in [0, 0.1) is 0 Å². The Balaban J connectivity index is 5.42. The quantitative estimate of drug-likeness (QED) is 0.0169. The summed E-state index contributed by atoms with van der Waals surface area (Å²) in [5.41, 5.74) is 0. The van der Waals surface area contributed by atoms with Crippen molar-refractivity contribution in [1.82, 2.24) is 0 Å². The monoisotopic (exact) mass is 1530 g/mol. The van der Waals surface area contributed by atoms with Crippen LogP contribution in [0.5, 0.6) is 0 Å². The van der Waals surface area contributed by atoms with Gasteiger partial charge in [0.25, 0.3) is 0 Å². The van der Waals surface area contributed by atoms with E-state index in [4.69, 9.17) is 37.0 Å². The van der Waals surface area contributed by atoms with Gasteiger partial charge < -0.3 is 33.8 Å². The minimum Gasteiger partial charge on any atom is -0.462 e. The molecule has 0 saturated carbocycles. The van der Waals surface area contributed by atoms with Crippen molar-refractivity contribution in [1.29, 1.82) is 0 Å². The smallest absolute Gasteiger partial charge is 0.462 e. The van der Waals surface area contributed by atoms with Crippen LogP contribution in [-0.4, -0.2) is 96.7 Å². The highest BCUT2D eigenvalue weighted by molar-refractivity contribution is 7.47. The van der Waals surface area contributed by atoms with E-state index in [0.717, 1.165) is 161 Å². The average Bonchev–Trinajstić information content (AvgIpc) is 0.928. The number of allylic oxidation sites excluding steroid dienone is 20. The molecule has 0 aliphatic rings. The molecule has 0 aromatic rings. The molecule has 17 nitrogen and oxygen atoms in total. The van der Waals surface area contributed by atoms with E-state index in [1.54, 1.807) is 0 Å². The summed E-state index contributed by atoms with van der Waals surface area (Å²) in [5.74, 6) is -2.26. The van der Waals surface area contributed by atoms with Crippen molar-refractivity contribution in [3.05, 3.63) is 122 Å². The number of ether oxygens (including phenoxy) is 4. The Morgan fingerprint density at radius 2 is 0.500 bits per heavy atom. The molecule has 3 N–H and O–H groups in total. The van der Waals surface area contributed by atoms with Crippen LogP contribution in [0.3, 0.4) is 0 Å². The first kappa shape index (κ1) is 101. The highest BCUT2D eigenvalue weighted by atomic mass is 31.2. The average molecular weight is 1530 g/mol. The Kier molecular flexibility index (Phi) is 75.2. The Bertz CT molecular complexity index is 2480. The molecule has 0 aliphatic heterocycles. The molecule has 0 amide bonds. The highest BCUT2D eigenvalue weighted by Crippen LogP contribution is 2.45. The molecule has 0 saturated heterocycles. The van der Waals surface area contributed by atoms with Gasteiger partial charge in [0.05, 0.1) is 26.4 Å². The van der Waals surface area contributed by atoms with Crippen molar-refractivity contribution in [3.8, 4) is 0 Å². The minimum absolute atomic E-state index is 0.0650. The third kappa shape index (κ3) is 77.6. The summed E-state index contributed by atoms with van der Waals surface area (Å²) in [4.78, 5) is 73.1. The standard InChI is InChI=1S/C87H150O17P2/c1-5-9-13-17-21-25-29-33-37-39-40-42-46-48-52-56-60-64-68-72-85(90)98-78-83(104-87(92)74-70-66-62-58-54-50-44-36-32-28-24-20-16-12-8-4)80-102-106(95,96)100-76-81(88)75-99-105(93,94)101-79-82(103-86(91)73-69-65-61-57-53-49-43-35-31-27-23-19-15-11-7-3)77-97-84(89)71-67-63-59-55-51-47-45-41-38-34-30-26-22-18-14-10-6-2/h10,14,21-23,25-27,33-35,37-38,40,42-43,45,47,55,59,81-83,88H,5-9,11-13,15-20,24,28-32,36,39,41,44,46,48-54,56-58,60-80H2,1-4H3,(H,93,94)(H,95,96)/b14-10-,25-21-,26-22-,27-23-,37-33-,38-34-,42-40-,43-35-,47-45-,59-55-. The number of carbonyl (C=O) groups excluding carboxylic acids is 4. The highest BCUT2D eigenvalue weighted by Gasteiger charge is 2.30. The zero-order chi connectivity index (χ0) is 77.4. The van der Waals surface area contributed by atoms with Gasteiger partial charge in [-0.25, -0.2) is 9.13 Å². The van der Waals surface area contributed by atoms with Crippen molar-refractivity contribution in [2.24, 2.45) is 0 Å². The summed E-state index contributed by atoms with van der Waals surface area (Å²) >= 11 is 0. The first-order valence-corrected chi connectivity index (χ1v) is 44.8. The molecule has 0 spiro atoms. The van der Waals surface area contributed by atoms with Gasteiger partial charge in [-0.3, -0.25) is 37.3 Å². The van der Waals surface area contributed by atoms with E-state index in [-0.39, 0.29) is 25.7 Å². The van der Waals surface area contributed by atoms with E-state index in [1.165, 1.54) is 103 Å². The fourth-order valence-electron chi connectivity index (χ4n) is 11.1. The van der Waals surface area contributed by atoms with Crippen LogP contribution in [0.25, 0.3) is 0 Å². The molecule has 106 heavy (non-hydrogen) atoms. The van der Waals surface area contributed by atoms with Crippen LogP contribution >= 0.6 is 15.6 Å². The van der Waals surface area contributed by atoms with Crippen molar-refractivity contribution in [2.75, 3.05) is 39.6 Å². The van der Waals surface area contributed by atoms with Crippen LogP contribution in [0.1, 0.15) is 349 Å². The Morgan fingerprint density at radius 1 is 0.274 bits per heavy atom. The molecule has 5 atom stereocenters. The number of aliphatic hydroxyl groups is 1. The summed E-state index contributed by atoms with van der Waals surface area (Å²) in [6.45, 7) is 4.66. The van der Waals surface area contributed by atoms with Crippen LogP contribution in [0.15, 0.2) is 122 Å². The second-order valence-corrected chi connectivity index (χ2v) is 30.6. The maximum Gasteiger partial charge on any atom is 0.472 e. The molecule has 0 rings (SSSR count). The first-order valence-electron chi connectivity index (χ1n) is 41.8. The largest absolute Gasteiger partial charge is 0.472 e. The van der Waals surface area contributed by atoms with E-state index in [0.29, 0.717) is 32.1 Å².